The molecular weight excluding hydrogens is 375 g/mol. The minimum absolute atomic E-state index is 0.129. The molecule has 1 rings (SSSR count). The van der Waals surface area contributed by atoms with Crippen LogP contribution in [-0.2, 0) is 0 Å². The number of nitrogens with zero attached hydrogens (tertiary/aromatic N) is 2. The number of hydrogen-bond donors (Lipinski definition) is 3. The van der Waals surface area contributed by atoms with Crippen LogP contribution in [0.2, 0.25) is 0 Å². The van der Waals surface area contributed by atoms with E-state index in [1.165, 1.54) is 6.21 Å². The van der Waals surface area contributed by atoms with Gasteiger partial charge in [0, 0.05) is 10.0 Å². The second kappa shape index (κ2) is 5.31. The van der Waals surface area contributed by atoms with Crippen molar-refractivity contribution in [3.8, 4) is 5.75 Å². The van der Waals surface area contributed by atoms with Crippen molar-refractivity contribution in [3.63, 3.8) is 0 Å². The fraction of sp³-hybridized carbons (Fsp3) is 0. The Labute approximate surface area is 109 Å². The van der Waals surface area contributed by atoms with Crippen LogP contribution in [-0.4, -0.2) is 17.3 Å². The van der Waals surface area contributed by atoms with Crippen molar-refractivity contribution in [2.24, 2.45) is 21.7 Å². The molecule has 0 aliphatic carbocycles. The van der Waals surface area contributed by atoms with Gasteiger partial charge in [0.25, 0.3) is 0 Å². The summed E-state index contributed by atoms with van der Waals surface area (Å²) < 4.78 is 1.56. The van der Waals surface area contributed by atoms with E-state index in [2.05, 4.69) is 26.1 Å². The van der Waals surface area contributed by atoms with Crippen molar-refractivity contribution in [1.82, 2.24) is 0 Å². The van der Waals surface area contributed by atoms with E-state index in [-0.39, 0.29) is 11.7 Å². The van der Waals surface area contributed by atoms with E-state index in [0.29, 0.717) is 9.13 Å². The van der Waals surface area contributed by atoms with Crippen LogP contribution in [0.1, 0.15) is 5.56 Å². The van der Waals surface area contributed by atoms with E-state index in [1.807, 2.05) is 22.6 Å². The van der Waals surface area contributed by atoms with Crippen LogP contribution in [0.15, 0.2) is 26.8 Å². The lowest BCUT2D eigenvalue weighted by atomic mass is 10.2. The molecule has 0 saturated heterocycles. The van der Waals surface area contributed by atoms with Gasteiger partial charge in [-0.2, -0.15) is 5.10 Å². The Hall–Kier alpha value is -0.830. The molecule has 0 bridgehead atoms. The summed E-state index contributed by atoms with van der Waals surface area (Å²) in [4.78, 5) is 0. The third kappa shape index (κ3) is 3.67. The molecule has 0 aliphatic heterocycles. The van der Waals surface area contributed by atoms with Gasteiger partial charge in [0.2, 0.25) is 5.96 Å². The van der Waals surface area contributed by atoms with Crippen LogP contribution in [0.25, 0.3) is 0 Å². The van der Waals surface area contributed by atoms with Crippen LogP contribution in [0.3, 0.4) is 0 Å². The lowest BCUT2D eigenvalue weighted by Gasteiger charge is -2.01. The molecule has 0 atom stereocenters. The zero-order valence-corrected chi connectivity index (χ0v) is 11.2. The van der Waals surface area contributed by atoms with Gasteiger partial charge in [-0.3, -0.25) is 0 Å². The predicted molar refractivity (Wildman–Crippen MR) is 71.9 cm³/mol. The average Bonchev–Trinajstić information content (AvgIpc) is 2.12. The molecular formula is C8H8BrIN4O. The first kappa shape index (κ1) is 12.2. The van der Waals surface area contributed by atoms with Crippen molar-refractivity contribution >= 4 is 50.7 Å². The molecule has 0 heterocycles. The van der Waals surface area contributed by atoms with E-state index in [0.717, 1.165) is 4.47 Å². The largest absolute Gasteiger partial charge is 0.506 e. The van der Waals surface area contributed by atoms with Gasteiger partial charge in [-0.25, -0.2) is 0 Å². The Bertz CT molecular complexity index is 429. The highest BCUT2D eigenvalue weighted by atomic mass is 127. The molecule has 0 aromatic heterocycles. The molecule has 0 fully saturated rings. The summed E-state index contributed by atoms with van der Waals surface area (Å²) in [6.45, 7) is 0. The first-order valence-electron chi connectivity index (χ1n) is 3.80. The maximum absolute atomic E-state index is 9.66. The summed E-state index contributed by atoms with van der Waals surface area (Å²) in [6.07, 6.45) is 1.38. The molecule has 5 nitrogen and oxygen atoms in total. The lowest BCUT2D eigenvalue weighted by Crippen LogP contribution is -2.21. The van der Waals surface area contributed by atoms with Gasteiger partial charge in [-0.15, -0.1) is 5.10 Å². The number of hydrogen-bond acceptors (Lipinski definition) is 3. The van der Waals surface area contributed by atoms with Crippen molar-refractivity contribution in [1.29, 1.82) is 0 Å². The summed E-state index contributed by atoms with van der Waals surface area (Å²) in [5.41, 5.74) is 10.7. The number of benzene rings is 1. The molecule has 7 heteroatoms. The SMILES string of the molecule is NC(N)=N/N=C/c1cc(Br)cc(I)c1O. The Balaban J connectivity index is 3.05. The highest BCUT2D eigenvalue weighted by Crippen LogP contribution is 2.27. The zero-order chi connectivity index (χ0) is 11.4. The minimum Gasteiger partial charge on any atom is -0.506 e. The van der Waals surface area contributed by atoms with Crippen LogP contribution in [0.4, 0.5) is 0 Å². The van der Waals surface area contributed by atoms with Gasteiger partial charge in [0.05, 0.1) is 9.78 Å². The predicted octanol–water partition coefficient (Wildman–Crippen LogP) is 1.37. The Morgan fingerprint density at radius 1 is 1.47 bits per heavy atom. The lowest BCUT2D eigenvalue weighted by molar-refractivity contribution is 0.470. The van der Waals surface area contributed by atoms with Gasteiger partial charge in [-0.05, 0) is 34.7 Å². The van der Waals surface area contributed by atoms with Crippen LogP contribution < -0.4 is 11.5 Å². The summed E-state index contributed by atoms with van der Waals surface area (Å²) in [5.74, 6) is 0.0174. The van der Waals surface area contributed by atoms with Crippen molar-refractivity contribution in [3.05, 3.63) is 25.7 Å². The highest BCUT2D eigenvalue weighted by Gasteiger charge is 2.04. The standard InChI is InChI=1S/C8H8BrIN4O/c9-5-1-4(3-13-14-8(11)12)7(15)6(10)2-5/h1-3,15H,(H4,11,12,14)/b13-3+. The van der Waals surface area contributed by atoms with E-state index in [9.17, 15) is 5.11 Å². The number of phenols is 1. The molecule has 1 aromatic carbocycles. The maximum Gasteiger partial charge on any atom is 0.211 e. The van der Waals surface area contributed by atoms with E-state index in [4.69, 9.17) is 11.5 Å². The van der Waals surface area contributed by atoms with Crippen LogP contribution >= 0.6 is 38.5 Å². The number of guanidine groups is 1. The smallest absolute Gasteiger partial charge is 0.211 e. The highest BCUT2D eigenvalue weighted by molar-refractivity contribution is 14.1. The first-order chi connectivity index (χ1) is 7.00. The van der Waals surface area contributed by atoms with Crippen molar-refractivity contribution < 1.29 is 5.11 Å². The molecule has 0 unspecified atom stereocenters. The summed E-state index contributed by atoms with van der Waals surface area (Å²) >= 11 is 5.32. The summed E-state index contributed by atoms with van der Waals surface area (Å²) in [5, 5.41) is 16.7. The van der Waals surface area contributed by atoms with Gasteiger partial charge in [0.15, 0.2) is 0 Å². The minimum atomic E-state index is -0.129. The Morgan fingerprint density at radius 2 is 2.13 bits per heavy atom. The molecule has 0 spiro atoms. The summed E-state index contributed by atoms with van der Waals surface area (Å²) in [7, 11) is 0. The van der Waals surface area contributed by atoms with Crippen LogP contribution in [0.5, 0.6) is 5.75 Å². The quantitative estimate of drug-likeness (QED) is 0.312. The number of aromatic hydroxyl groups is 1. The fourth-order valence-electron chi connectivity index (χ4n) is 0.842. The Kier molecular flexibility index (Phi) is 4.33. The third-order valence-electron chi connectivity index (χ3n) is 1.43. The molecule has 0 amide bonds. The van der Waals surface area contributed by atoms with Gasteiger partial charge >= 0.3 is 0 Å². The number of halogens is 2. The molecule has 0 saturated carbocycles. The van der Waals surface area contributed by atoms with Gasteiger partial charge in [0.1, 0.15) is 5.75 Å². The molecule has 80 valence electrons. The normalized spacial score (nSPS) is 10.5. The Morgan fingerprint density at radius 3 is 2.73 bits per heavy atom. The zero-order valence-electron chi connectivity index (χ0n) is 7.48. The first-order valence-corrected chi connectivity index (χ1v) is 5.68. The summed E-state index contributed by atoms with van der Waals surface area (Å²) in [6, 6.07) is 3.50. The molecule has 15 heavy (non-hydrogen) atoms. The number of rotatable bonds is 2. The second-order valence-electron chi connectivity index (χ2n) is 2.59. The van der Waals surface area contributed by atoms with E-state index >= 15 is 0 Å². The molecule has 1 aromatic rings. The molecule has 5 N–H and O–H groups in total. The fourth-order valence-corrected chi connectivity index (χ4v) is 2.39. The average molecular weight is 383 g/mol. The van der Waals surface area contributed by atoms with E-state index in [1.54, 1.807) is 12.1 Å². The van der Waals surface area contributed by atoms with Gasteiger partial charge < -0.3 is 16.6 Å². The second-order valence-corrected chi connectivity index (χ2v) is 4.67. The maximum atomic E-state index is 9.66. The number of nitrogens with two attached hydrogens (primary N) is 2. The van der Waals surface area contributed by atoms with Crippen molar-refractivity contribution in [2.45, 2.75) is 0 Å². The van der Waals surface area contributed by atoms with E-state index < -0.39 is 0 Å². The van der Waals surface area contributed by atoms with Crippen LogP contribution in [0, 0.1) is 3.57 Å². The third-order valence-corrected chi connectivity index (χ3v) is 2.71. The topological polar surface area (TPSA) is 97.0 Å². The molecule has 0 aliphatic rings. The van der Waals surface area contributed by atoms with Crippen molar-refractivity contribution in [2.75, 3.05) is 0 Å². The van der Waals surface area contributed by atoms with Gasteiger partial charge in [-0.1, -0.05) is 15.9 Å². The monoisotopic (exact) mass is 382 g/mol. The molecule has 0 radical (unpaired) electrons. The number of phenolic OH excluding ortho intramolecular Hbond substituents is 1.